The van der Waals surface area contributed by atoms with Gasteiger partial charge in [0.2, 0.25) is 0 Å². The molecular weight excluding hydrogens is 286 g/mol. The molecule has 1 aromatic heterocycles. The summed E-state index contributed by atoms with van der Waals surface area (Å²) in [6.45, 7) is 0.0848. The molecule has 82 valence electrons. The molecule has 0 saturated carbocycles. The summed E-state index contributed by atoms with van der Waals surface area (Å²) in [5, 5.41) is 9.88. The van der Waals surface area contributed by atoms with Gasteiger partial charge in [0.25, 0.3) is 0 Å². The highest BCUT2D eigenvalue weighted by atomic mass is 79.9. The largest absolute Gasteiger partial charge is 0.392 e. The lowest BCUT2D eigenvalue weighted by atomic mass is 10.2. The number of hydrogen-bond donors (Lipinski definition) is 1. The maximum Gasteiger partial charge on any atom is 0.101 e. The van der Waals surface area contributed by atoms with E-state index in [-0.39, 0.29) is 6.61 Å². The molecule has 0 saturated heterocycles. The molecule has 0 amide bonds. The first-order valence-electron chi connectivity index (χ1n) is 4.77. The smallest absolute Gasteiger partial charge is 0.101 e. The molecule has 0 unspecified atom stereocenters. The summed E-state index contributed by atoms with van der Waals surface area (Å²) in [6.07, 6.45) is 1.78. The summed E-state index contributed by atoms with van der Waals surface area (Å²) in [4.78, 5) is 5.40. The second-order valence-electron chi connectivity index (χ2n) is 3.22. The molecule has 0 fully saturated rings. The monoisotopic (exact) mass is 295 g/mol. The number of aromatic nitrogens is 1. The van der Waals surface area contributed by atoms with E-state index < -0.39 is 0 Å². The normalized spacial score (nSPS) is 10.4. The number of pyridine rings is 1. The molecule has 0 aliphatic heterocycles. The summed E-state index contributed by atoms with van der Waals surface area (Å²) in [5.41, 5.74) is 0.924. The predicted octanol–water partition coefficient (Wildman–Crippen LogP) is 3.49. The summed E-state index contributed by atoms with van der Waals surface area (Å²) in [5.74, 6) is 0. The van der Waals surface area contributed by atoms with Crippen LogP contribution in [0.1, 0.15) is 5.56 Å². The average Bonchev–Trinajstić information content (AvgIpc) is 2.33. The van der Waals surface area contributed by atoms with E-state index in [4.69, 9.17) is 5.11 Å². The number of rotatable bonds is 3. The van der Waals surface area contributed by atoms with Gasteiger partial charge in [0.05, 0.1) is 6.61 Å². The zero-order valence-electron chi connectivity index (χ0n) is 8.43. The SMILES string of the molecule is OCc1ccc(Sc2ccc(Br)cn2)cc1. The molecule has 0 atom stereocenters. The van der Waals surface area contributed by atoms with Crippen molar-refractivity contribution in [3.05, 3.63) is 52.6 Å². The summed E-state index contributed by atoms with van der Waals surface area (Å²) < 4.78 is 0.979. The van der Waals surface area contributed by atoms with Crippen molar-refractivity contribution in [2.75, 3.05) is 0 Å². The molecular formula is C12H10BrNOS. The highest BCUT2D eigenvalue weighted by Gasteiger charge is 1.98. The van der Waals surface area contributed by atoms with Crippen molar-refractivity contribution in [3.8, 4) is 0 Å². The predicted molar refractivity (Wildman–Crippen MR) is 68.4 cm³/mol. The number of halogens is 1. The topological polar surface area (TPSA) is 33.1 Å². The Morgan fingerprint density at radius 3 is 2.44 bits per heavy atom. The molecule has 0 aliphatic carbocycles. The first-order valence-corrected chi connectivity index (χ1v) is 6.38. The van der Waals surface area contributed by atoms with Crippen LogP contribution in [-0.4, -0.2) is 10.1 Å². The highest BCUT2D eigenvalue weighted by molar-refractivity contribution is 9.10. The van der Waals surface area contributed by atoms with E-state index in [1.54, 1.807) is 18.0 Å². The molecule has 4 heteroatoms. The zero-order valence-corrected chi connectivity index (χ0v) is 10.8. The standard InChI is InChI=1S/C12H10BrNOS/c13-10-3-6-12(14-7-10)16-11-4-1-9(8-15)2-5-11/h1-7,15H,8H2. The fraction of sp³-hybridized carbons (Fsp3) is 0.0833. The Morgan fingerprint density at radius 1 is 1.12 bits per heavy atom. The quantitative estimate of drug-likeness (QED) is 0.941. The van der Waals surface area contributed by atoms with E-state index in [2.05, 4.69) is 20.9 Å². The van der Waals surface area contributed by atoms with Crippen LogP contribution >= 0.6 is 27.7 Å². The fourth-order valence-corrected chi connectivity index (χ4v) is 2.20. The van der Waals surface area contributed by atoms with Gasteiger partial charge in [0.1, 0.15) is 5.03 Å². The Balaban J connectivity index is 2.11. The molecule has 1 heterocycles. The third-order valence-electron chi connectivity index (χ3n) is 2.03. The number of hydrogen-bond acceptors (Lipinski definition) is 3. The molecule has 2 aromatic rings. The van der Waals surface area contributed by atoms with Gasteiger partial charge in [-0.15, -0.1) is 0 Å². The Kier molecular flexibility index (Phi) is 3.98. The number of benzene rings is 1. The van der Waals surface area contributed by atoms with Crippen LogP contribution in [0, 0.1) is 0 Å². The number of nitrogens with zero attached hydrogens (tertiary/aromatic N) is 1. The highest BCUT2D eigenvalue weighted by Crippen LogP contribution is 2.26. The van der Waals surface area contributed by atoms with Crippen molar-refractivity contribution in [1.82, 2.24) is 4.98 Å². The van der Waals surface area contributed by atoms with Crippen molar-refractivity contribution < 1.29 is 5.11 Å². The molecule has 0 radical (unpaired) electrons. The van der Waals surface area contributed by atoms with E-state index in [9.17, 15) is 0 Å². The van der Waals surface area contributed by atoms with Crippen molar-refractivity contribution in [2.24, 2.45) is 0 Å². The molecule has 1 aromatic carbocycles. The van der Waals surface area contributed by atoms with Crippen LogP contribution < -0.4 is 0 Å². The molecule has 1 N–H and O–H groups in total. The van der Waals surface area contributed by atoms with Gasteiger partial charge in [0.15, 0.2) is 0 Å². The summed E-state index contributed by atoms with van der Waals surface area (Å²) in [6, 6.07) is 11.7. The van der Waals surface area contributed by atoms with E-state index >= 15 is 0 Å². The average molecular weight is 296 g/mol. The molecule has 0 spiro atoms. The summed E-state index contributed by atoms with van der Waals surface area (Å²) in [7, 11) is 0. The molecule has 2 rings (SSSR count). The maximum atomic E-state index is 8.92. The van der Waals surface area contributed by atoms with Crippen LogP contribution in [0.5, 0.6) is 0 Å². The van der Waals surface area contributed by atoms with Crippen molar-refractivity contribution >= 4 is 27.7 Å². The van der Waals surface area contributed by atoms with E-state index in [1.807, 2.05) is 36.4 Å². The van der Waals surface area contributed by atoms with Gasteiger partial charge in [-0.3, -0.25) is 0 Å². The van der Waals surface area contributed by atoms with Gasteiger partial charge >= 0.3 is 0 Å². The van der Waals surface area contributed by atoms with Crippen molar-refractivity contribution in [3.63, 3.8) is 0 Å². The van der Waals surface area contributed by atoms with Crippen LogP contribution in [0.25, 0.3) is 0 Å². The van der Waals surface area contributed by atoms with Gasteiger partial charge in [-0.25, -0.2) is 4.98 Å². The second-order valence-corrected chi connectivity index (χ2v) is 5.23. The van der Waals surface area contributed by atoms with Gasteiger partial charge < -0.3 is 5.11 Å². The lowest BCUT2D eigenvalue weighted by Crippen LogP contribution is -1.82. The zero-order chi connectivity index (χ0) is 11.4. The Bertz CT molecular complexity index is 455. The van der Waals surface area contributed by atoms with Gasteiger partial charge in [-0.05, 0) is 45.8 Å². The lowest BCUT2D eigenvalue weighted by Gasteiger charge is -2.02. The van der Waals surface area contributed by atoms with E-state index in [1.165, 1.54) is 0 Å². The Labute approximate surface area is 107 Å². The third kappa shape index (κ3) is 3.07. The minimum Gasteiger partial charge on any atom is -0.392 e. The van der Waals surface area contributed by atoms with Gasteiger partial charge in [-0.1, -0.05) is 23.9 Å². The number of aliphatic hydroxyl groups excluding tert-OH is 1. The maximum absolute atomic E-state index is 8.92. The molecule has 0 aliphatic rings. The summed E-state index contributed by atoms with van der Waals surface area (Å²) >= 11 is 4.95. The molecule has 0 bridgehead atoms. The fourth-order valence-electron chi connectivity index (χ4n) is 1.21. The van der Waals surface area contributed by atoms with Crippen molar-refractivity contribution in [1.29, 1.82) is 0 Å². The van der Waals surface area contributed by atoms with E-state index in [0.29, 0.717) is 0 Å². The van der Waals surface area contributed by atoms with Crippen LogP contribution in [-0.2, 0) is 6.61 Å². The van der Waals surface area contributed by atoms with Crippen LogP contribution in [0.4, 0.5) is 0 Å². The van der Waals surface area contributed by atoms with Gasteiger partial charge in [-0.2, -0.15) is 0 Å². The Hall–Kier alpha value is -0.840. The Morgan fingerprint density at radius 2 is 1.88 bits per heavy atom. The minimum absolute atomic E-state index is 0.0848. The van der Waals surface area contributed by atoms with E-state index in [0.717, 1.165) is 20.0 Å². The van der Waals surface area contributed by atoms with Crippen molar-refractivity contribution in [2.45, 2.75) is 16.5 Å². The first-order chi connectivity index (χ1) is 7.78. The van der Waals surface area contributed by atoms with Gasteiger partial charge in [0, 0.05) is 15.6 Å². The first kappa shape index (κ1) is 11.6. The second kappa shape index (κ2) is 5.48. The minimum atomic E-state index is 0.0848. The van der Waals surface area contributed by atoms with Crippen LogP contribution in [0.15, 0.2) is 57.0 Å². The third-order valence-corrected chi connectivity index (χ3v) is 3.46. The molecule has 2 nitrogen and oxygen atoms in total. The number of aliphatic hydroxyl groups is 1. The molecule has 16 heavy (non-hydrogen) atoms. The van der Waals surface area contributed by atoms with Crippen LogP contribution in [0.3, 0.4) is 0 Å². The lowest BCUT2D eigenvalue weighted by molar-refractivity contribution is 0.282. The van der Waals surface area contributed by atoms with Crippen LogP contribution in [0.2, 0.25) is 0 Å².